The molecule has 0 spiro atoms. The summed E-state index contributed by atoms with van der Waals surface area (Å²) < 4.78 is 6.66. The molecule has 2 aromatic rings. The topological polar surface area (TPSA) is 34.2 Å². The summed E-state index contributed by atoms with van der Waals surface area (Å²) in [6, 6.07) is 9.43. The van der Waals surface area contributed by atoms with E-state index in [2.05, 4.69) is 26.2 Å². The zero-order valence-electron chi connectivity index (χ0n) is 10.5. The zero-order valence-corrected chi connectivity index (χ0v) is 12.8. The van der Waals surface area contributed by atoms with Crippen LogP contribution in [-0.2, 0) is 6.61 Å². The number of halogens is 2. The van der Waals surface area contributed by atoms with E-state index in [-0.39, 0.29) is 0 Å². The van der Waals surface area contributed by atoms with Crippen LogP contribution in [0, 0.1) is 0 Å². The van der Waals surface area contributed by atoms with Gasteiger partial charge in [-0.05, 0) is 31.2 Å². The van der Waals surface area contributed by atoms with Gasteiger partial charge < -0.3 is 10.1 Å². The molecule has 0 aliphatic rings. The Morgan fingerprint density at radius 3 is 2.95 bits per heavy atom. The second kappa shape index (κ2) is 6.78. The van der Waals surface area contributed by atoms with Crippen LogP contribution in [0.4, 0.5) is 5.82 Å². The molecule has 3 nitrogen and oxygen atoms in total. The number of anilines is 1. The minimum atomic E-state index is 0.428. The summed E-state index contributed by atoms with van der Waals surface area (Å²) in [5.41, 5.74) is 1.00. The number of ether oxygens (including phenoxy) is 1. The van der Waals surface area contributed by atoms with Gasteiger partial charge >= 0.3 is 0 Å². The van der Waals surface area contributed by atoms with Gasteiger partial charge in [-0.25, -0.2) is 4.98 Å². The Hall–Kier alpha value is -1.26. The molecule has 0 fully saturated rings. The summed E-state index contributed by atoms with van der Waals surface area (Å²) in [5.74, 6) is 1.51. The molecule has 1 aromatic heterocycles. The minimum absolute atomic E-state index is 0.428. The van der Waals surface area contributed by atoms with Crippen molar-refractivity contribution >= 4 is 33.3 Å². The van der Waals surface area contributed by atoms with Crippen LogP contribution >= 0.6 is 27.5 Å². The molecule has 1 heterocycles. The summed E-state index contributed by atoms with van der Waals surface area (Å²) in [6.07, 6.45) is 1.76. The first-order valence-corrected chi connectivity index (χ1v) is 7.13. The molecular weight excluding hydrogens is 328 g/mol. The second-order valence-corrected chi connectivity index (χ2v) is 5.23. The lowest BCUT2D eigenvalue weighted by molar-refractivity contribution is 0.306. The molecule has 0 radical (unpaired) electrons. The van der Waals surface area contributed by atoms with Crippen molar-refractivity contribution in [3.63, 3.8) is 0 Å². The van der Waals surface area contributed by atoms with Crippen molar-refractivity contribution in [1.29, 1.82) is 0 Å². The number of rotatable bonds is 5. The van der Waals surface area contributed by atoms with Crippen LogP contribution in [0.2, 0.25) is 5.02 Å². The van der Waals surface area contributed by atoms with Crippen LogP contribution in [-0.4, -0.2) is 11.5 Å². The van der Waals surface area contributed by atoms with Crippen LogP contribution in [0.3, 0.4) is 0 Å². The van der Waals surface area contributed by atoms with Crippen LogP contribution in [0.5, 0.6) is 5.75 Å². The Kier molecular flexibility index (Phi) is 5.05. The number of aromatic nitrogens is 1. The SMILES string of the molecule is CCNc1ncccc1COc1ccc(Br)cc1Cl. The lowest BCUT2D eigenvalue weighted by Gasteiger charge is -2.11. The van der Waals surface area contributed by atoms with E-state index in [1.807, 2.05) is 37.3 Å². The molecule has 0 saturated heterocycles. The molecular formula is C14H14BrClN2O. The predicted molar refractivity (Wildman–Crippen MR) is 81.9 cm³/mol. The van der Waals surface area contributed by atoms with Crippen molar-refractivity contribution < 1.29 is 4.74 Å². The summed E-state index contributed by atoms with van der Waals surface area (Å²) >= 11 is 9.47. The summed E-state index contributed by atoms with van der Waals surface area (Å²) in [7, 11) is 0. The van der Waals surface area contributed by atoms with Gasteiger partial charge in [0, 0.05) is 22.8 Å². The van der Waals surface area contributed by atoms with Gasteiger partial charge in [-0.1, -0.05) is 33.6 Å². The van der Waals surface area contributed by atoms with Crippen molar-refractivity contribution in [2.75, 3.05) is 11.9 Å². The molecule has 2 rings (SSSR count). The maximum atomic E-state index is 6.11. The van der Waals surface area contributed by atoms with Gasteiger partial charge in [-0.3, -0.25) is 0 Å². The van der Waals surface area contributed by atoms with Crippen molar-refractivity contribution in [2.24, 2.45) is 0 Å². The number of nitrogens with zero attached hydrogens (tertiary/aromatic N) is 1. The molecule has 1 aromatic carbocycles. The highest BCUT2D eigenvalue weighted by Crippen LogP contribution is 2.28. The first-order chi connectivity index (χ1) is 9.20. The molecule has 0 saturated carbocycles. The van der Waals surface area contributed by atoms with Gasteiger partial charge in [0.1, 0.15) is 18.2 Å². The van der Waals surface area contributed by atoms with E-state index in [9.17, 15) is 0 Å². The minimum Gasteiger partial charge on any atom is -0.487 e. The summed E-state index contributed by atoms with van der Waals surface area (Å²) in [5, 5.41) is 3.79. The Bertz CT molecular complexity index is 563. The lowest BCUT2D eigenvalue weighted by atomic mass is 10.2. The molecule has 5 heteroatoms. The summed E-state index contributed by atoms with van der Waals surface area (Å²) in [4.78, 5) is 4.29. The van der Waals surface area contributed by atoms with Gasteiger partial charge in [-0.2, -0.15) is 0 Å². The van der Waals surface area contributed by atoms with Crippen molar-refractivity contribution in [3.05, 3.63) is 51.6 Å². The molecule has 0 unspecified atom stereocenters. The number of nitrogens with one attached hydrogen (secondary N) is 1. The molecule has 0 aliphatic carbocycles. The van der Waals surface area contributed by atoms with Crippen LogP contribution in [0.25, 0.3) is 0 Å². The molecule has 0 amide bonds. The van der Waals surface area contributed by atoms with Crippen molar-refractivity contribution in [2.45, 2.75) is 13.5 Å². The Labute approximate surface area is 126 Å². The quantitative estimate of drug-likeness (QED) is 0.869. The number of hydrogen-bond donors (Lipinski definition) is 1. The van der Waals surface area contributed by atoms with Crippen molar-refractivity contribution in [3.8, 4) is 5.75 Å². The van der Waals surface area contributed by atoms with Crippen LogP contribution in [0.15, 0.2) is 41.0 Å². The van der Waals surface area contributed by atoms with Gasteiger partial charge in [0.15, 0.2) is 0 Å². The van der Waals surface area contributed by atoms with E-state index in [4.69, 9.17) is 16.3 Å². The second-order valence-electron chi connectivity index (χ2n) is 3.90. The molecule has 1 N–H and O–H groups in total. The monoisotopic (exact) mass is 340 g/mol. The standard InChI is InChI=1S/C14H14BrClN2O/c1-2-17-14-10(4-3-7-18-14)9-19-13-6-5-11(15)8-12(13)16/h3-8H,2,9H2,1H3,(H,17,18). The number of pyridine rings is 1. The zero-order chi connectivity index (χ0) is 13.7. The molecule has 0 aliphatic heterocycles. The van der Waals surface area contributed by atoms with Gasteiger partial charge in [0.25, 0.3) is 0 Å². The molecule has 0 bridgehead atoms. The highest BCUT2D eigenvalue weighted by Gasteiger charge is 2.06. The van der Waals surface area contributed by atoms with Crippen molar-refractivity contribution in [1.82, 2.24) is 4.98 Å². The Morgan fingerprint density at radius 1 is 1.37 bits per heavy atom. The maximum Gasteiger partial charge on any atom is 0.138 e. The number of hydrogen-bond acceptors (Lipinski definition) is 3. The smallest absolute Gasteiger partial charge is 0.138 e. The third-order valence-electron chi connectivity index (χ3n) is 2.51. The average molecular weight is 342 g/mol. The third-order valence-corrected chi connectivity index (χ3v) is 3.30. The van der Waals surface area contributed by atoms with E-state index in [1.54, 1.807) is 6.20 Å². The Balaban J connectivity index is 2.10. The molecule has 100 valence electrons. The number of benzene rings is 1. The fourth-order valence-electron chi connectivity index (χ4n) is 1.63. The highest BCUT2D eigenvalue weighted by molar-refractivity contribution is 9.10. The maximum absolute atomic E-state index is 6.11. The fraction of sp³-hybridized carbons (Fsp3) is 0.214. The van der Waals surface area contributed by atoms with E-state index in [0.717, 1.165) is 22.4 Å². The van der Waals surface area contributed by atoms with Crippen LogP contribution in [0.1, 0.15) is 12.5 Å². The summed E-state index contributed by atoms with van der Waals surface area (Å²) in [6.45, 7) is 3.28. The van der Waals surface area contributed by atoms with Gasteiger partial charge in [0.2, 0.25) is 0 Å². The van der Waals surface area contributed by atoms with E-state index >= 15 is 0 Å². The third kappa shape index (κ3) is 3.85. The lowest BCUT2D eigenvalue weighted by Crippen LogP contribution is -2.05. The molecule has 0 atom stereocenters. The highest BCUT2D eigenvalue weighted by atomic mass is 79.9. The van der Waals surface area contributed by atoms with E-state index in [1.165, 1.54) is 0 Å². The Morgan fingerprint density at radius 2 is 2.21 bits per heavy atom. The van der Waals surface area contributed by atoms with Crippen LogP contribution < -0.4 is 10.1 Å². The van der Waals surface area contributed by atoms with E-state index < -0.39 is 0 Å². The first-order valence-electron chi connectivity index (χ1n) is 5.96. The normalized spacial score (nSPS) is 10.3. The van der Waals surface area contributed by atoms with Gasteiger partial charge in [-0.15, -0.1) is 0 Å². The van der Waals surface area contributed by atoms with Gasteiger partial charge in [0.05, 0.1) is 5.02 Å². The largest absolute Gasteiger partial charge is 0.487 e. The predicted octanol–water partition coefficient (Wildman–Crippen LogP) is 4.51. The first kappa shape index (κ1) is 14.2. The molecule has 19 heavy (non-hydrogen) atoms. The fourth-order valence-corrected chi connectivity index (χ4v) is 2.36. The average Bonchev–Trinajstić information content (AvgIpc) is 2.40. The van der Waals surface area contributed by atoms with E-state index in [0.29, 0.717) is 17.4 Å².